The van der Waals surface area contributed by atoms with Gasteiger partial charge in [0.05, 0.1) is 0 Å². The van der Waals surface area contributed by atoms with Gasteiger partial charge in [0.2, 0.25) is 0 Å². The number of rotatable bonds is 1. The van der Waals surface area contributed by atoms with Crippen molar-refractivity contribution in [2.45, 2.75) is 73.1 Å². The quantitative estimate of drug-likeness (QED) is 0.462. The SMILES string of the molecule is C/C1=C/C=C(/C(C)C)CC/C(C)=C/CC/C(C)=C/CC1. The van der Waals surface area contributed by atoms with Crippen LogP contribution in [0.3, 0.4) is 0 Å². The molecule has 0 spiro atoms. The second-order valence-electron chi connectivity index (χ2n) is 6.59. The molecule has 20 heavy (non-hydrogen) atoms. The summed E-state index contributed by atoms with van der Waals surface area (Å²) in [5.41, 5.74) is 6.16. The molecule has 1 rings (SSSR count). The fraction of sp³-hybridized carbons (Fsp3) is 0.600. The predicted octanol–water partition coefficient (Wildman–Crippen LogP) is 6.76. The Morgan fingerprint density at radius 2 is 1.25 bits per heavy atom. The van der Waals surface area contributed by atoms with Gasteiger partial charge in [-0.1, -0.05) is 60.4 Å². The van der Waals surface area contributed by atoms with Crippen LogP contribution in [-0.4, -0.2) is 0 Å². The molecule has 0 heteroatoms. The molecule has 1 aliphatic rings. The van der Waals surface area contributed by atoms with Crippen LogP contribution in [0.2, 0.25) is 0 Å². The molecule has 0 radical (unpaired) electrons. The lowest BCUT2D eigenvalue weighted by Gasteiger charge is -2.12. The van der Waals surface area contributed by atoms with Gasteiger partial charge in [-0.15, -0.1) is 0 Å². The van der Waals surface area contributed by atoms with Crippen LogP contribution in [-0.2, 0) is 0 Å². The Hall–Kier alpha value is -1.04. The standard InChI is InChI=1S/C20H32/c1-16(2)20-14-12-18(4)10-6-8-17(3)9-7-11-19(5)13-15-20/h8,11-12,14,16H,6-7,9-10,13,15H2,1-5H3/b17-8+,18-12-,19-11+,20-14+. The Morgan fingerprint density at radius 3 is 1.85 bits per heavy atom. The first kappa shape index (κ1) is 17.0. The van der Waals surface area contributed by atoms with E-state index in [9.17, 15) is 0 Å². The molecule has 0 atom stereocenters. The van der Waals surface area contributed by atoms with Crippen molar-refractivity contribution in [1.29, 1.82) is 0 Å². The fourth-order valence-corrected chi connectivity index (χ4v) is 2.54. The lowest BCUT2D eigenvalue weighted by molar-refractivity contribution is 0.706. The maximum Gasteiger partial charge on any atom is -0.0257 e. The van der Waals surface area contributed by atoms with Gasteiger partial charge in [-0.25, -0.2) is 0 Å². The first-order chi connectivity index (χ1) is 9.49. The minimum absolute atomic E-state index is 0.655. The highest BCUT2D eigenvalue weighted by Crippen LogP contribution is 2.21. The average Bonchev–Trinajstić information content (AvgIpc) is 2.37. The van der Waals surface area contributed by atoms with Gasteiger partial charge in [-0.2, -0.15) is 0 Å². The highest BCUT2D eigenvalue weighted by Gasteiger charge is 2.03. The minimum atomic E-state index is 0.655. The lowest BCUT2D eigenvalue weighted by atomic mass is 9.94. The second kappa shape index (κ2) is 9.00. The largest absolute Gasteiger partial charge is 0.0853 e. The summed E-state index contributed by atoms with van der Waals surface area (Å²) in [6, 6.07) is 0. The van der Waals surface area contributed by atoms with E-state index < -0.39 is 0 Å². The van der Waals surface area contributed by atoms with Crippen molar-refractivity contribution in [2.75, 3.05) is 0 Å². The summed E-state index contributed by atoms with van der Waals surface area (Å²) in [7, 11) is 0. The Morgan fingerprint density at radius 1 is 0.700 bits per heavy atom. The smallest absolute Gasteiger partial charge is 0.0257 e. The molecular weight excluding hydrogens is 240 g/mol. The van der Waals surface area contributed by atoms with Crippen LogP contribution in [0.5, 0.6) is 0 Å². The van der Waals surface area contributed by atoms with Crippen LogP contribution in [0.25, 0.3) is 0 Å². The van der Waals surface area contributed by atoms with E-state index in [-0.39, 0.29) is 0 Å². The van der Waals surface area contributed by atoms with Crippen molar-refractivity contribution >= 4 is 0 Å². The molecule has 1 aliphatic carbocycles. The van der Waals surface area contributed by atoms with Crippen LogP contribution in [0.1, 0.15) is 73.1 Å². The van der Waals surface area contributed by atoms with E-state index in [1.807, 2.05) is 0 Å². The molecule has 0 amide bonds. The fourth-order valence-electron chi connectivity index (χ4n) is 2.54. The summed E-state index contributed by atoms with van der Waals surface area (Å²) >= 11 is 0. The first-order valence-electron chi connectivity index (χ1n) is 8.16. The molecule has 0 unspecified atom stereocenters. The summed E-state index contributed by atoms with van der Waals surface area (Å²) in [4.78, 5) is 0. The van der Waals surface area contributed by atoms with Gasteiger partial charge in [-0.05, 0) is 65.2 Å². The zero-order valence-electron chi connectivity index (χ0n) is 14.1. The van der Waals surface area contributed by atoms with Crippen molar-refractivity contribution in [3.63, 3.8) is 0 Å². The molecule has 0 aromatic carbocycles. The third-order valence-electron chi connectivity index (χ3n) is 4.19. The summed E-state index contributed by atoms with van der Waals surface area (Å²) in [5.74, 6) is 0.655. The van der Waals surface area contributed by atoms with Crippen LogP contribution < -0.4 is 0 Å². The number of allylic oxidation sites excluding steroid dienone is 8. The molecule has 112 valence electrons. The molecule has 0 N–H and O–H groups in total. The summed E-state index contributed by atoms with van der Waals surface area (Å²) in [6.45, 7) is 11.4. The van der Waals surface area contributed by atoms with Crippen molar-refractivity contribution in [2.24, 2.45) is 5.92 Å². The van der Waals surface area contributed by atoms with Gasteiger partial charge in [0.1, 0.15) is 0 Å². The maximum absolute atomic E-state index is 2.43. The minimum Gasteiger partial charge on any atom is -0.0853 e. The Kier molecular flexibility index (Phi) is 7.65. The molecule has 0 aromatic heterocycles. The molecule has 0 nitrogen and oxygen atoms in total. The van der Waals surface area contributed by atoms with Gasteiger partial charge >= 0.3 is 0 Å². The van der Waals surface area contributed by atoms with Crippen molar-refractivity contribution in [3.8, 4) is 0 Å². The first-order valence-corrected chi connectivity index (χ1v) is 8.16. The maximum atomic E-state index is 2.43. The molecule has 0 bridgehead atoms. The zero-order valence-corrected chi connectivity index (χ0v) is 14.1. The molecule has 0 saturated heterocycles. The summed E-state index contributed by atoms with van der Waals surface area (Å²) in [5, 5.41) is 0. The highest BCUT2D eigenvalue weighted by molar-refractivity contribution is 5.20. The van der Waals surface area contributed by atoms with Gasteiger partial charge < -0.3 is 0 Å². The van der Waals surface area contributed by atoms with E-state index in [2.05, 4.69) is 58.9 Å². The van der Waals surface area contributed by atoms with Crippen LogP contribution >= 0.6 is 0 Å². The Labute approximate surface area is 126 Å². The second-order valence-corrected chi connectivity index (χ2v) is 6.59. The molecular formula is C20H32. The zero-order chi connectivity index (χ0) is 15.0. The van der Waals surface area contributed by atoms with Gasteiger partial charge in [0, 0.05) is 0 Å². The van der Waals surface area contributed by atoms with E-state index in [1.165, 1.54) is 49.7 Å². The molecule has 0 fully saturated rings. The Balaban J connectivity index is 2.87. The van der Waals surface area contributed by atoms with Crippen molar-refractivity contribution in [3.05, 3.63) is 46.6 Å². The van der Waals surface area contributed by atoms with Crippen LogP contribution in [0.4, 0.5) is 0 Å². The molecule has 0 heterocycles. The Bertz CT molecular complexity index is 413. The third kappa shape index (κ3) is 6.93. The van der Waals surface area contributed by atoms with Gasteiger partial charge in [0.15, 0.2) is 0 Å². The molecule has 0 saturated carbocycles. The van der Waals surface area contributed by atoms with Gasteiger partial charge in [0.25, 0.3) is 0 Å². The van der Waals surface area contributed by atoms with E-state index >= 15 is 0 Å². The normalized spacial score (nSPS) is 30.1. The van der Waals surface area contributed by atoms with E-state index in [0.717, 1.165) is 0 Å². The van der Waals surface area contributed by atoms with Crippen LogP contribution in [0, 0.1) is 5.92 Å². The number of hydrogen-bond acceptors (Lipinski definition) is 0. The van der Waals surface area contributed by atoms with Crippen molar-refractivity contribution < 1.29 is 0 Å². The predicted molar refractivity (Wildman–Crippen MR) is 91.9 cm³/mol. The number of hydrogen-bond donors (Lipinski definition) is 0. The van der Waals surface area contributed by atoms with Crippen LogP contribution in [0.15, 0.2) is 46.6 Å². The van der Waals surface area contributed by atoms with E-state index in [1.54, 1.807) is 11.1 Å². The monoisotopic (exact) mass is 272 g/mol. The molecule has 0 aliphatic heterocycles. The molecule has 0 aromatic rings. The topological polar surface area (TPSA) is 0 Å². The lowest BCUT2D eigenvalue weighted by Crippen LogP contribution is -1.95. The highest BCUT2D eigenvalue weighted by atomic mass is 14.1. The van der Waals surface area contributed by atoms with E-state index in [4.69, 9.17) is 0 Å². The third-order valence-corrected chi connectivity index (χ3v) is 4.19. The van der Waals surface area contributed by atoms with Gasteiger partial charge in [-0.3, -0.25) is 0 Å². The summed E-state index contributed by atoms with van der Waals surface area (Å²) < 4.78 is 0. The van der Waals surface area contributed by atoms with E-state index in [0.29, 0.717) is 5.92 Å². The van der Waals surface area contributed by atoms with Crippen molar-refractivity contribution in [1.82, 2.24) is 0 Å². The average molecular weight is 272 g/mol. The summed E-state index contributed by atoms with van der Waals surface area (Å²) in [6.07, 6.45) is 16.8.